The quantitative estimate of drug-likeness (QED) is 0.534. The number of carbonyl (C=O) groups is 1. The molecule has 174 valence electrons. The highest BCUT2D eigenvalue weighted by Crippen LogP contribution is 2.26. The predicted molar refractivity (Wildman–Crippen MR) is 120 cm³/mol. The highest BCUT2D eigenvalue weighted by Gasteiger charge is 2.27. The molecule has 7 heteroatoms. The smallest absolute Gasteiger partial charge is 0.227 e. The Hall–Kier alpha value is -1.83. The molecule has 0 radical (unpaired) electrons. The summed E-state index contributed by atoms with van der Waals surface area (Å²) in [7, 11) is 5.02. The van der Waals surface area contributed by atoms with Gasteiger partial charge >= 0.3 is 0 Å². The highest BCUT2D eigenvalue weighted by molar-refractivity contribution is 5.79. The summed E-state index contributed by atoms with van der Waals surface area (Å²) in [5, 5.41) is 0. The van der Waals surface area contributed by atoms with Crippen LogP contribution in [0.2, 0.25) is 0 Å². The highest BCUT2D eigenvalue weighted by atomic mass is 16.5. The summed E-state index contributed by atoms with van der Waals surface area (Å²) in [5.41, 5.74) is 0.860. The molecule has 0 aromatic heterocycles. The molecule has 31 heavy (non-hydrogen) atoms. The Morgan fingerprint density at radius 3 is 2.58 bits per heavy atom. The zero-order chi connectivity index (χ0) is 22.1. The van der Waals surface area contributed by atoms with Crippen LogP contribution in [-0.4, -0.2) is 89.1 Å². The fourth-order valence-corrected chi connectivity index (χ4v) is 4.53. The van der Waals surface area contributed by atoms with Crippen LogP contribution in [0.25, 0.3) is 0 Å². The Bertz CT molecular complexity index is 685. The molecule has 2 aliphatic heterocycles. The van der Waals surface area contributed by atoms with E-state index in [4.69, 9.17) is 18.9 Å². The van der Waals surface area contributed by atoms with E-state index in [0.29, 0.717) is 18.9 Å². The second-order valence-electron chi connectivity index (χ2n) is 8.57. The third-order valence-electron chi connectivity index (χ3n) is 6.43. The average Bonchev–Trinajstić information content (AvgIpc) is 3.31. The van der Waals surface area contributed by atoms with Crippen LogP contribution in [0.3, 0.4) is 0 Å². The predicted octanol–water partition coefficient (Wildman–Crippen LogP) is 2.61. The van der Waals surface area contributed by atoms with E-state index in [9.17, 15) is 4.79 Å². The molecule has 0 saturated carbocycles. The number of ether oxygens (including phenoxy) is 4. The Kier molecular flexibility index (Phi) is 9.43. The monoisotopic (exact) mass is 434 g/mol. The molecular weight excluding hydrogens is 396 g/mol. The van der Waals surface area contributed by atoms with Crippen LogP contribution in [-0.2, 0) is 20.7 Å². The first kappa shape index (κ1) is 23.8. The molecule has 0 spiro atoms. The molecule has 1 amide bonds. The minimum atomic E-state index is 0.129. The molecule has 1 aromatic carbocycles. The summed E-state index contributed by atoms with van der Waals surface area (Å²) in [5.74, 6) is 2.11. The van der Waals surface area contributed by atoms with Crippen molar-refractivity contribution in [3.63, 3.8) is 0 Å². The van der Waals surface area contributed by atoms with Gasteiger partial charge in [0.2, 0.25) is 5.91 Å². The SMILES string of the molecule is COCCN1CCC(CN(CC2CCCO2)C(=O)Cc2cc(OC)ccc2OC)CC1. The zero-order valence-electron chi connectivity index (χ0n) is 19.3. The summed E-state index contributed by atoms with van der Waals surface area (Å²) in [4.78, 5) is 17.9. The van der Waals surface area contributed by atoms with E-state index >= 15 is 0 Å². The maximum Gasteiger partial charge on any atom is 0.227 e. The van der Waals surface area contributed by atoms with Gasteiger partial charge in [-0.3, -0.25) is 4.79 Å². The molecule has 3 rings (SSSR count). The van der Waals surface area contributed by atoms with Crippen LogP contribution in [0, 0.1) is 5.92 Å². The van der Waals surface area contributed by atoms with Crippen LogP contribution in [0.5, 0.6) is 11.5 Å². The van der Waals surface area contributed by atoms with E-state index in [0.717, 1.165) is 82.1 Å². The molecule has 7 nitrogen and oxygen atoms in total. The molecular formula is C24H38N2O5. The summed E-state index contributed by atoms with van der Waals surface area (Å²) in [6.45, 7) is 6.17. The lowest BCUT2D eigenvalue weighted by atomic mass is 9.95. The fourth-order valence-electron chi connectivity index (χ4n) is 4.53. The van der Waals surface area contributed by atoms with E-state index in [2.05, 4.69) is 4.90 Å². The minimum absolute atomic E-state index is 0.129. The zero-order valence-corrected chi connectivity index (χ0v) is 19.3. The lowest BCUT2D eigenvalue weighted by molar-refractivity contribution is -0.133. The number of methoxy groups -OCH3 is 3. The van der Waals surface area contributed by atoms with Gasteiger partial charge in [0.1, 0.15) is 11.5 Å². The first-order valence-corrected chi connectivity index (χ1v) is 11.4. The minimum Gasteiger partial charge on any atom is -0.497 e. The average molecular weight is 435 g/mol. The van der Waals surface area contributed by atoms with Gasteiger partial charge < -0.3 is 28.7 Å². The van der Waals surface area contributed by atoms with Crippen molar-refractivity contribution in [1.82, 2.24) is 9.80 Å². The van der Waals surface area contributed by atoms with E-state index in [1.54, 1.807) is 21.3 Å². The molecule has 0 aliphatic carbocycles. The van der Waals surface area contributed by atoms with Gasteiger partial charge in [-0.1, -0.05) is 0 Å². The van der Waals surface area contributed by atoms with Crippen LogP contribution < -0.4 is 9.47 Å². The van der Waals surface area contributed by atoms with E-state index in [-0.39, 0.29) is 12.0 Å². The van der Waals surface area contributed by atoms with Gasteiger partial charge in [-0.25, -0.2) is 0 Å². The van der Waals surface area contributed by atoms with Gasteiger partial charge in [-0.15, -0.1) is 0 Å². The maximum absolute atomic E-state index is 13.4. The van der Waals surface area contributed by atoms with E-state index < -0.39 is 0 Å². The number of hydrogen-bond acceptors (Lipinski definition) is 6. The van der Waals surface area contributed by atoms with Crippen molar-refractivity contribution >= 4 is 5.91 Å². The second-order valence-corrected chi connectivity index (χ2v) is 8.57. The second kappa shape index (κ2) is 12.3. The first-order chi connectivity index (χ1) is 15.1. The van der Waals surface area contributed by atoms with Crippen LogP contribution in [0.1, 0.15) is 31.2 Å². The van der Waals surface area contributed by atoms with E-state index in [1.165, 1.54) is 0 Å². The first-order valence-electron chi connectivity index (χ1n) is 11.4. The van der Waals surface area contributed by atoms with E-state index in [1.807, 2.05) is 23.1 Å². The van der Waals surface area contributed by atoms with Gasteiger partial charge in [0.05, 0.1) is 33.4 Å². The topological polar surface area (TPSA) is 60.5 Å². The van der Waals surface area contributed by atoms with Gasteiger partial charge in [0.15, 0.2) is 0 Å². The summed E-state index contributed by atoms with van der Waals surface area (Å²) in [6, 6.07) is 5.62. The largest absolute Gasteiger partial charge is 0.497 e. The van der Waals surface area contributed by atoms with Crippen molar-refractivity contribution in [2.45, 2.75) is 38.2 Å². The number of piperidine rings is 1. The number of likely N-dealkylation sites (tertiary alicyclic amines) is 1. The molecule has 1 atom stereocenters. The van der Waals surface area contributed by atoms with Crippen molar-refractivity contribution in [2.24, 2.45) is 5.92 Å². The molecule has 0 bridgehead atoms. The third kappa shape index (κ3) is 7.09. The van der Waals surface area contributed by atoms with Crippen molar-refractivity contribution in [3.05, 3.63) is 23.8 Å². The maximum atomic E-state index is 13.4. The summed E-state index contributed by atoms with van der Waals surface area (Å²) < 4.78 is 21.9. The molecule has 1 unspecified atom stereocenters. The number of rotatable bonds is 11. The van der Waals surface area contributed by atoms with Crippen molar-refractivity contribution < 1.29 is 23.7 Å². The Balaban J connectivity index is 1.64. The molecule has 2 aliphatic rings. The molecule has 2 heterocycles. The fraction of sp³-hybridized carbons (Fsp3) is 0.708. The van der Waals surface area contributed by atoms with Gasteiger partial charge in [0.25, 0.3) is 0 Å². The van der Waals surface area contributed by atoms with Crippen LogP contribution in [0.4, 0.5) is 0 Å². The number of benzene rings is 1. The molecule has 2 fully saturated rings. The van der Waals surface area contributed by atoms with Crippen LogP contribution >= 0.6 is 0 Å². The Labute approximate surface area is 186 Å². The lowest BCUT2D eigenvalue weighted by Crippen LogP contribution is -2.44. The van der Waals surface area contributed by atoms with Gasteiger partial charge in [0, 0.05) is 38.9 Å². The third-order valence-corrected chi connectivity index (χ3v) is 6.43. The number of nitrogens with zero attached hydrogens (tertiary/aromatic N) is 2. The molecule has 0 N–H and O–H groups in total. The Morgan fingerprint density at radius 2 is 1.94 bits per heavy atom. The van der Waals surface area contributed by atoms with Crippen molar-refractivity contribution in [1.29, 1.82) is 0 Å². The lowest BCUT2D eigenvalue weighted by Gasteiger charge is -2.35. The van der Waals surface area contributed by atoms with Crippen molar-refractivity contribution in [3.8, 4) is 11.5 Å². The number of hydrogen-bond donors (Lipinski definition) is 0. The van der Waals surface area contributed by atoms with Gasteiger partial charge in [-0.05, 0) is 62.9 Å². The summed E-state index contributed by atoms with van der Waals surface area (Å²) in [6.07, 6.45) is 4.79. The summed E-state index contributed by atoms with van der Waals surface area (Å²) >= 11 is 0. The standard InChI is InChI=1S/C24H38N2O5/c1-28-14-12-25-10-8-19(9-11-25)17-26(18-22-5-4-13-31-22)24(27)16-20-15-21(29-2)6-7-23(20)30-3/h6-7,15,19,22H,4-5,8-14,16-18H2,1-3H3. The normalized spacial score (nSPS) is 20.0. The molecule has 2 saturated heterocycles. The Morgan fingerprint density at radius 1 is 1.13 bits per heavy atom. The van der Waals surface area contributed by atoms with Crippen LogP contribution in [0.15, 0.2) is 18.2 Å². The number of amides is 1. The molecule has 1 aromatic rings. The number of carbonyl (C=O) groups excluding carboxylic acids is 1. The van der Waals surface area contributed by atoms with Crippen molar-refractivity contribution in [2.75, 3.05) is 67.3 Å². The van der Waals surface area contributed by atoms with Gasteiger partial charge in [-0.2, -0.15) is 0 Å².